The predicted molar refractivity (Wildman–Crippen MR) is 102 cm³/mol. The molecule has 0 aliphatic carbocycles. The lowest BCUT2D eigenvalue weighted by molar-refractivity contribution is -0.136. The summed E-state index contributed by atoms with van der Waals surface area (Å²) in [5.74, 6) is -0.844. The molecule has 3 aromatic rings. The maximum atomic E-state index is 10.7. The van der Waals surface area contributed by atoms with Crippen LogP contribution >= 0.6 is 12.2 Å². The fraction of sp³-hybridized carbons (Fsp3) is 0.0526. The minimum Gasteiger partial charge on any atom is -0.481 e. The summed E-state index contributed by atoms with van der Waals surface area (Å²) in [5.41, 5.74) is 2.50. The molecule has 0 atom stereocenters. The molecule has 0 amide bonds. The van der Waals surface area contributed by atoms with Crippen molar-refractivity contribution in [3.05, 3.63) is 72.3 Å². The van der Waals surface area contributed by atoms with Gasteiger partial charge in [-0.1, -0.05) is 48.5 Å². The predicted octanol–water partition coefficient (Wildman–Crippen LogP) is 4.28. The van der Waals surface area contributed by atoms with Gasteiger partial charge < -0.3 is 15.7 Å². The lowest BCUT2D eigenvalue weighted by atomic mass is 10.1. The molecule has 4 nitrogen and oxygen atoms in total. The minimum absolute atomic E-state index is 0.0129. The number of fused-ring (bicyclic) bond motifs is 1. The molecule has 5 heteroatoms. The summed E-state index contributed by atoms with van der Waals surface area (Å²) in [4.78, 5) is 10.7. The Morgan fingerprint density at radius 3 is 2.38 bits per heavy atom. The Hall–Kier alpha value is -2.92. The first-order valence-corrected chi connectivity index (χ1v) is 7.89. The van der Waals surface area contributed by atoms with E-state index >= 15 is 0 Å². The van der Waals surface area contributed by atoms with E-state index in [9.17, 15) is 4.79 Å². The van der Waals surface area contributed by atoms with Gasteiger partial charge in [-0.2, -0.15) is 0 Å². The van der Waals surface area contributed by atoms with Crippen LogP contribution in [0.2, 0.25) is 0 Å². The molecule has 0 heterocycles. The van der Waals surface area contributed by atoms with Crippen molar-refractivity contribution in [2.75, 3.05) is 10.6 Å². The van der Waals surface area contributed by atoms with E-state index in [0.717, 1.165) is 27.7 Å². The third-order valence-corrected chi connectivity index (χ3v) is 3.81. The van der Waals surface area contributed by atoms with Crippen molar-refractivity contribution in [1.29, 1.82) is 0 Å². The molecule has 120 valence electrons. The number of thiocarbonyl (C=S) groups is 1. The van der Waals surface area contributed by atoms with Gasteiger partial charge in [-0.25, -0.2) is 0 Å². The molecule has 0 saturated carbocycles. The molecular weight excluding hydrogens is 320 g/mol. The summed E-state index contributed by atoms with van der Waals surface area (Å²) in [5, 5.41) is 17.8. The van der Waals surface area contributed by atoms with Crippen LogP contribution in [0, 0.1) is 0 Å². The van der Waals surface area contributed by atoms with Crippen LogP contribution in [-0.4, -0.2) is 16.2 Å². The van der Waals surface area contributed by atoms with Gasteiger partial charge >= 0.3 is 5.97 Å². The van der Waals surface area contributed by atoms with Crippen LogP contribution in [0.25, 0.3) is 10.8 Å². The highest BCUT2D eigenvalue weighted by molar-refractivity contribution is 7.80. The zero-order valence-corrected chi connectivity index (χ0v) is 13.6. The average molecular weight is 336 g/mol. The summed E-state index contributed by atoms with van der Waals surface area (Å²) in [6.45, 7) is 0. The Kier molecular flexibility index (Phi) is 4.72. The van der Waals surface area contributed by atoms with Gasteiger partial charge in [0.15, 0.2) is 5.11 Å². The van der Waals surface area contributed by atoms with Gasteiger partial charge in [0.2, 0.25) is 0 Å². The Morgan fingerprint density at radius 1 is 0.917 bits per heavy atom. The van der Waals surface area contributed by atoms with Gasteiger partial charge in [-0.15, -0.1) is 0 Å². The van der Waals surface area contributed by atoms with Gasteiger partial charge in [0.1, 0.15) is 0 Å². The van der Waals surface area contributed by atoms with Crippen molar-refractivity contribution in [1.82, 2.24) is 0 Å². The van der Waals surface area contributed by atoms with E-state index < -0.39 is 5.97 Å². The first-order valence-electron chi connectivity index (χ1n) is 7.48. The van der Waals surface area contributed by atoms with Gasteiger partial charge in [0.05, 0.1) is 6.42 Å². The number of hydrogen-bond donors (Lipinski definition) is 3. The van der Waals surface area contributed by atoms with E-state index in [-0.39, 0.29) is 6.42 Å². The molecule has 0 aliphatic rings. The van der Waals surface area contributed by atoms with Crippen molar-refractivity contribution >= 4 is 45.4 Å². The maximum Gasteiger partial charge on any atom is 0.307 e. The van der Waals surface area contributed by atoms with Gasteiger partial charge in [-0.3, -0.25) is 4.79 Å². The number of nitrogens with one attached hydrogen (secondary N) is 2. The molecule has 0 aliphatic heterocycles. The zero-order chi connectivity index (χ0) is 16.9. The lowest BCUT2D eigenvalue weighted by Crippen LogP contribution is -2.19. The van der Waals surface area contributed by atoms with Crippen molar-refractivity contribution < 1.29 is 9.90 Å². The molecular formula is C19H16N2O2S. The summed E-state index contributed by atoms with van der Waals surface area (Å²) in [7, 11) is 0. The number of anilines is 2. The smallest absolute Gasteiger partial charge is 0.307 e. The number of carbonyl (C=O) groups is 1. The number of rotatable bonds is 4. The van der Waals surface area contributed by atoms with E-state index in [1.54, 1.807) is 12.1 Å². The Labute approximate surface area is 145 Å². The van der Waals surface area contributed by atoms with E-state index in [4.69, 9.17) is 17.3 Å². The number of hydrogen-bond acceptors (Lipinski definition) is 2. The SMILES string of the molecule is O=C(O)Cc1ccc(NC(=S)Nc2cccc3ccccc23)cc1. The van der Waals surface area contributed by atoms with Gasteiger partial charge in [-0.05, 0) is 41.4 Å². The second kappa shape index (κ2) is 7.10. The monoisotopic (exact) mass is 336 g/mol. The molecule has 0 saturated heterocycles. The maximum absolute atomic E-state index is 10.7. The molecule has 0 bridgehead atoms. The van der Waals surface area contributed by atoms with Crippen molar-refractivity contribution in [2.24, 2.45) is 0 Å². The van der Waals surface area contributed by atoms with Gasteiger partial charge in [0, 0.05) is 16.8 Å². The van der Waals surface area contributed by atoms with Crippen LogP contribution in [0.3, 0.4) is 0 Å². The fourth-order valence-corrected chi connectivity index (χ4v) is 2.73. The van der Waals surface area contributed by atoms with E-state index in [1.807, 2.05) is 42.5 Å². The molecule has 0 fully saturated rings. The first-order chi connectivity index (χ1) is 11.6. The highest BCUT2D eigenvalue weighted by Gasteiger charge is 2.04. The molecule has 3 rings (SSSR count). The summed E-state index contributed by atoms with van der Waals surface area (Å²) in [6.07, 6.45) is 0.0129. The number of benzene rings is 3. The third kappa shape index (κ3) is 3.88. The zero-order valence-electron chi connectivity index (χ0n) is 12.8. The molecule has 0 radical (unpaired) electrons. The average Bonchev–Trinajstić information content (AvgIpc) is 2.56. The quantitative estimate of drug-likeness (QED) is 0.621. The van der Waals surface area contributed by atoms with Crippen LogP contribution in [0.4, 0.5) is 11.4 Å². The van der Waals surface area contributed by atoms with Crippen LogP contribution in [0.15, 0.2) is 66.7 Å². The molecule has 3 N–H and O–H groups in total. The first kappa shape index (κ1) is 16.0. The highest BCUT2D eigenvalue weighted by Crippen LogP contribution is 2.23. The molecule has 24 heavy (non-hydrogen) atoms. The normalized spacial score (nSPS) is 10.3. The van der Waals surface area contributed by atoms with Crippen LogP contribution < -0.4 is 10.6 Å². The third-order valence-electron chi connectivity index (χ3n) is 3.60. The fourth-order valence-electron chi connectivity index (χ4n) is 2.50. The largest absolute Gasteiger partial charge is 0.481 e. The highest BCUT2D eigenvalue weighted by atomic mass is 32.1. The van der Waals surface area contributed by atoms with Crippen molar-refractivity contribution in [2.45, 2.75) is 6.42 Å². The minimum atomic E-state index is -0.844. The Bertz CT molecular complexity index is 886. The van der Waals surface area contributed by atoms with E-state index in [1.165, 1.54) is 0 Å². The second-order valence-electron chi connectivity index (χ2n) is 5.37. The number of carboxylic acid groups (broad SMARTS) is 1. The standard InChI is InChI=1S/C19H16N2O2S/c22-18(23)12-13-8-10-15(11-9-13)20-19(24)21-17-7-3-5-14-4-1-2-6-16(14)17/h1-11H,12H2,(H,22,23)(H2,20,21,24). The lowest BCUT2D eigenvalue weighted by Gasteiger charge is -2.13. The van der Waals surface area contributed by atoms with Crippen molar-refractivity contribution in [3.63, 3.8) is 0 Å². The van der Waals surface area contributed by atoms with E-state index in [0.29, 0.717) is 5.11 Å². The van der Waals surface area contributed by atoms with Crippen molar-refractivity contribution in [3.8, 4) is 0 Å². The van der Waals surface area contributed by atoms with Crippen LogP contribution in [0.5, 0.6) is 0 Å². The van der Waals surface area contributed by atoms with Crippen LogP contribution in [0.1, 0.15) is 5.56 Å². The summed E-state index contributed by atoms with van der Waals surface area (Å²) < 4.78 is 0. The molecule has 0 unspecified atom stereocenters. The topological polar surface area (TPSA) is 61.4 Å². The molecule has 0 spiro atoms. The van der Waals surface area contributed by atoms with Gasteiger partial charge in [0.25, 0.3) is 0 Å². The number of carboxylic acids is 1. The Balaban J connectivity index is 1.70. The summed E-state index contributed by atoms with van der Waals surface area (Å²) >= 11 is 5.37. The summed E-state index contributed by atoms with van der Waals surface area (Å²) in [6, 6.07) is 21.3. The molecule has 0 aromatic heterocycles. The van der Waals surface area contributed by atoms with Crippen LogP contribution in [-0.2, 0) is 11.2 Å². The Morgan fingerprint density at radius 2 is 1.62 bits per heavy atom. The van der Waals surface area contributed by atoms with E-state index in [2.05, 4.69) is 22.8 Å². The number of aliphatic carboxylic acids is 1. The molecule has 3 aromatic carbocycles. The second-order valence-corrected chi connectivity index (χ2v) is 5.78.